The van der Waals surface area contributed by atoms with Gasteiger partial charge in [-0.25, -0.2) is 0 Å². The third-order valence-corrected chi connectivity index (χ3v) is 1.54. The molecule has 0 saturated heterocycles. The maximum absolute atomic E-state index is 10.8. The summed E-state index contributed by atoms with van der Waals surface area (Å²) >= 11 is 3.98. The minimum Gasteiger partial charge on any atom is -0.352 e. The third kappa shape index (κ3) is 2.26. The lowest BCUT2D eigenvalue weighted by molar-refractivity contribution is -0.120. The van der Waals surface area contributed by atoms with Crippen LogP contribution in [0.1, 0.15) is 19.8 Å². The van der Waals surface area contributed by atoms with Crippen LogP contribution in [0.2, 0.25) is 0 Å². The summed E-state index contributed by atoms with van der Waals surface area (Å²) in [5.41, 5.74) is 0. The van der Waals surface area contributed by atoms with E-state index in [4.69, 9.17) is 0 Å². The molecule has 1 rings (SSSR count). The zero-order valence-electron chi connectivity index (χ0n) is 5.42. The molecule has 0 aromatic rings. The second-order valence-electron chi connectivity index (χ2n) is 2.46. The first-order valence-corrected chi connectivity index (χ1v) is 3.70. The summed E-state index contributed by atoms with van der Waals surface area (Å²) in [5, 5.41) is 2.68. The topological polar surface area (TPSA) is 29.1 Å². The van der Waals surface area contributed by atoms with Gasteiger partial charge in [-0.05, 0) is 19.8 Å². The van der Waals surface area contributed by atoms with Crippen molar-refractivity contribution in [3.63, 3.8) is 0 Å². The van der Waals surface area contributed by atoms with Crippen molar-refractivity contribution in [1.82, 2.24) is 5.32 Å². The van der Waals surface area contributed by atoms with Crippen LogP contribution in [-0.4, -0.2) is 17.2 Å². The van der Waals surface area contributed by atoms with Crippen LogP contribution in [0.4, 0.5) is 0 Å². The molecule has 1 aliphatic rings. The van der Waals surface area contributed by atoms with Crippen molar-refractivity contribution in [1.29, 1.82) is 0 Å². The van der Waals surface area contributed by atoms with Crippen molar-refractivity contribution in [3.05, 3.63) is 0 Å². The quantitative estimate of drug-likeness (QED) is 0.547. The van der Waals surface area contributed by atoms with Gasteiger partial charge in [-0.15, -0.1) is 0 Å². The summed E-state index contributed by atoms with van der Waals surface area (Å²) < 4.78 is 0. The summed E-state index contributed by atoms with van der Waals surface area (Å²) in [4.78, 5) is 10.8. The predicted octanol–water partition coefficient (Wildman–Crippen LogP) is 0.583. The Morgan fingerprint density at radius 2 is 2.33 bits per heavy atom. The van der Waals surface area contributed by atoms with E-state index in [0.29, 0.717) is 6.04 Å². The molecule has 1 saturated carbocycles. The van der Waals surface area contributed by atoms with E-state index in [-0.39, 0.29) is 11.2 Å². The largest absolute Gasteiger partial charge is 0.352 e. The maximum atomic E-state index is 10.8. The van der Waals surface area contributed by atoms with Crippen LogP contribution in [0, 0.1) is 0 Å². The average Bonchev–Trinajstić information content (AvgIpc) is 2.50. The van der Waals surface area contributed by atoms with Gasteiger partial charge in [-0.1, -0.05) is 0 Å². The molecule has 0 aliphatic heterocycles. The van der Waals surface area contributed by atoms with Crippen molar-refractivity contribution in [2.75, 3.05) is 0 Å². The zero-order chi connectivity index (χ0) is 6.85. The van der Waals surface area contributed by atoms with Crippen molar-refractivity contribution >= 4 is 18.5 Å². The van der Waals surface area contributed by atoms with E-state index < -0.39 is 0 Å². The molecule has 1 fully saturated rings. The van der Waals surface area contributed by atoms with Crippen molar-refractivity contribution in [3.8, 4) is 0 Å². The highest BCUT2D eigenvalue weighted by Gasteiger charge is 2.24. The molecule has 0 aromatic carbocycles. The molecule has 1 amide bonds. The molecule has 3 heteroatoms. The van der Waals surface area contributed by atoms with Crippen LogP contribution >= 0.6 is 12.6 Å². The normalized spacial score (nSPS) is 21.1. The van der Waals surface area contributed by atoms with Crippen molar-refractivity contribution in [2.45, 2.75) is 31.1 Å². The lowest BCUT2D eigenvalue weighted by Gasteiger charge is -2.03. The van der Waals surface area contributed by atoms with Crippen LogP contribution in [0.25, 0.3) is 0 Å². The van der Waals surface area contributed by atoms with Crippen LogP contribution in [-0.2, 0) is 4.79 Å². The molecule has 0 spiro atoms. The number of nitrogens with one attached hydrogen (secondary N) is 1. The summed E-state index contributed by atoms with van der Waals surface area (Å²) in [6.45, 7) is 1.78. The van der Waals surface area contributed by atoms with Gasteiger partial charge >= 0.3 is 0 Å². The Labute approximate surface area is 60.4 Å². The van der Waals surface area contributed by atoms with E-state index in [1.165, 1.54) is 0 Å². The molecule has 9 heavy (non-hydrogen) atoms. The molecule has 1 aliphatic carbocycles. The fraction of sp³-hybridized carbons (Fsp3) is 0.833. The minimum absolute atomic E-state index is 0.0563. The van der Waals surface area contributed by atoms with Crippen LogP contribution in [0.5, 0.6) is 0 Å². The third-order valence-electron chi connectivity index (χ3n) is 1.30. The summed E-state index contributed by atoms with van der Waals surface area (Å²) in [6, 6.07) is 0.465. The highest BCUT2D eigenvalue weighted by atomic mass is 32.1. The molecule has 1 unspecified atom stereocenters. The smallest absolute Gasteiger partial charge is 0.232 e. The molecule has 0 radical (unpaired) electrons. The van der Waals surface area contributed by atoms with E-state index in [9.17, 15) is 4.79 Å². The van der Waals surface area contributed by atoms with E-state index in [2.05, 4.69) is 17.9 Å². The Kier molecular flexibility index (Phi) is 2.01. The van der Waals surface area contributed by atoms with Crippen molar-refractivity contribution < 1.29 is 4.79 Å². The molecular formula is C6H11NOS. The van der Waals surface area contributed by atoms with Gasteiger partial charge in [0.25, 0.3) is 0 Å². The van der Waals surface area contributed by atoms with Gasteiger partial charge in [0.15, 0.2) is 0 Å². The number of hydrogen-bond donors (Lipinski definition) is 2. The Balaban J connectivity index is 2.17. The number of carbonyl (C=O) groups excluding carboxylic acids is 1. The molecule has 52 valence electrons. The number of amides is 1. The molecule has 0 heterocycles. The van der Waals surface area contributed by atoms with Gasteiger partial charge in [-0.3, -0.25) is 4.79 Å². The molecule has 0 aromatic heterocycles. The Bertz CT molecular complexity index is 120. The zero-order valence-corrected chi connectivity index (χ0v) is 6.32. The van der Waals surface area contributed by atoms with Gasteiger partial charge in [-0.2, -0.15) is 12.6 Å². The average molecular weight is 145 g/mol. The van der Waals surface area contributed by atoms with E-state index in [0.717, 1.165) is 12.8 Å². The number of carbonyl (C=O) groups is 1. The van der Waals surface area contributed by atoms with E-state index in [1.807, 2.05) is 0 Å². The predicted molar refractivity (Wildman–Crippen MR) is 39.6 cm³/mol. The summed E-state index contributed by atoms with van der Waals surface area (Å²) in [7, 11) is 0. The monoisotopic (exact) mass is 145 g/mol. The van der Waals surface area contributed by atoms with Gasteiger partial charge in [0.2, 0.25) is 5.91 Å². The molecule has 0 bridgehead atoms. The van der Waals surface area contributed by atoms with Gasteiger partial charge in [0.1, 0.15) is 0 Å². The molecule has 2 nitrogen and oxygen atoms in total. The number of rotatable bonds is 2. The first-order valence-electron chi connectivity index (χ1n) is 3.18. The summed E-state index contributed by atoms with van der Waals surface area (Å²) in [5.74, 6) is 0.0563. The minimum atomic E-state index is -0.161. The standard InChI is InChI=1S/C6H11NOS/c1-4(9)6(8)7-5-2-3-5/h4-5,9H,2-3H2,1H3,(H,7,8). The van der Waals surface area contributed by atoms with Gasteiger partial charge in [0, 0.05) is 6.04 Å². The van der Waals surface area contributed by atoms with E-state index in [1.54, 1.807) is 6.92 Å². The fourth-order valence-electron chi connectivity index (χ4n) is 0.549. The van der Waals surface area contributed by atoms with Gasteiger partial charge in [0.05, 0.1) is 5.25 Å². The Morgan fingerprint density at radius 1 is 1.78 bits per heavy atom. The highest BCUT2D eigenvalue weighted by Crippen LogP contribution is 2.18. The lowest BCUT2D eigenvalue weighted by atomic mass is 10.4. The van der Waals surface area contributed by atoms with Crippen LogP contribution in [0.15, 0.2) is 0 Å². The Morgan fingerprint density at radius 3 is 2.67 bits per heavy atom. The molecule has 1 atom stereocenters. The molecular weight excluding hydrogens is 134 g/mol. The van der Waals surface area contributed by atoms with Crippen molar-refractivity contribution in [2.24, 2.45) is 0 Å². The lowest BCUT2D eigenvalue weighted by Crippen LogP contribution is -2.31. The SMILES string of the molecule is CC(S)C(=O)NC1CC1. The van der Waals surface area contributed by atoms with E-state index >= 15 is 0 Å². The van der Waals surface area contributed by atoms with Gasteiger partial charge < -0.3 is 5.32 Å². The molecule has 1 N–H and O–H groups in total. The second kappa shape index (κ2) is 2.60. The fourth-order valence-corrected chi connectivity index (χ4v) is 0.624. The first-order chi connectivity index (χ1) is 4.20. The second-order valence-corrected chi connectivity index (χ2v) is 3.23. The Hall–Kier alpha value is -0.180. The maximum Gasteiger partial charge on any atom is 0.232 e. The first kappa shape index (κ1) is 6.93. The highest BCUT2D eigenvalue weighted by molar-refractivity contribution is 7.81. The summed E-state index contributed by atoms with van der Waals surface area (Å²) in [6.07, 6.45) is 2.29. The van der Waals surface area contributed by atoms with Crippen LogP contribution < -0.4 is 5.32 Å². The van der Waals surface area contributed by atoms with Crippen LogP contribution in [0.3, 0.4) is 0 Å². The number of thiol groups is 1. The number of hydrogen-bond acceptors (Lipinski definition) is 2.